The summed E-state index contributed by atoms with van der Waals surface area (Å²) in [6.07, 6.45) is 13.7. The molecule has 2 aromatic rings. The average molecular weight is 306 g/mol. The number of aromatic nitrogens is 1. The van der Waals surface area contributed by atoms with Crippen LogP contribution in [0.2, 0.25) is 0 Å². The Morgan fingerprint density at radius 2 is 2.13 bits per heavy atom. The molecule has 1 heterocycles. The van der Waals surface area contributed by atoms with Gasteiger partial charge in [-0.1, -0.05) is 37.3 Å². The average Bonchev–Trinajstić information content (AvgIpc) is 2.79. The van der Waals surface area contributed by atoms with E-state index in [9.17, 15) is 4.79 Å². The van der Waals surface area contributed by atoms with Gasteiger partial charge in [0.25, 0.3) is 0 Å². The van der Waals surface area contributed by atoms with Crippen molar-refractivity contribution in [1.29, 1.82) is 0 Å². The van der Waals surface area contributed by atoms with E-state index in [1.54, 1.807) is 0 Å². The molecular formula is C20H22N2O. The van der Waals surface area contributed by atoms with Gasteiger partial charge < -0.3 is 10.3 Å². The van der Waals surface area contributed by atoms with E-state index in [1.165, 1.54) is 16.7 Å². The Bertz CT molecular complexity index is 753. The second kappa shape index (κ2) is 7.14. The van der Waals surface area contributed by atoms with Crippen LogP contribution in [0.4, 0.5) is 5.69 Å². The number of benzene rings is 1. The summed E-state index contributed by atoms with van der Waals surface area (Å²) < 4.78 is 0. The number of fused-ring (bicyclic) bond motifs is 1. The zero-order chi connectivity index (χ0) is 16.1. The molecule has 0 spiro atoms. The summed E-state index contributed by atoms with van der Waals surface area (Å²) in [5.74, 6) is 0.0568. The van der Waals surface area contributed by atoms with Gasteiger partial charge in [0.2, 0.25) is 5.91 Å². The van der Waals surface area contributed by atoms with Crippen LogP contribution in [0.15, 0.2) is 42.6 Å². The summed E-state index contributed by atoms with van der Waals surface area (Å²) >= 11 is 0. The van der Waals surface area contributed by atoms with E-state index in [2.05, 4.69) is 47.6 Å². The minimum absolute atomic E-state index is 0.0568. The van der Waals surface area contributed by atoms with Gasteiger partial charge in [-0.05, 0) is 48.6 Å². The number of anilines is 1. The van der Waals surface area contributed by atoms with Gasteiger partial charge in [0.15, 0.2) is 0 Å². The van der Waals surface area contributed by atoms with Crippen LogP contribution in [0.25, 0.3) is 12.2 Å². The number of hydrogen-bond donors (Lipinski definition) is 2. The van der Waals surface area contributed by atoms with Gasteiger partial charge in [-0.25, -0.2) is 0 Å². The summed E-state index contributed by atoms with van der Waals surface area (Å²) in [6.45, 7) is 2.11. The predicted octanol–water partition coefficient (Wildman–Crippen LogP) is 4.58. The molecule has 3 rings (SSSR count). The molecule has 118 valence electrons. The first-order chi connectivity index (χ1) is 11.3. The van der Waals surface area contributed by atoms with Gasteiger partial charge in [0, 0.05) is 29.6 Å². The van der Waals surface area contributed by atoms with Crippen LogP contribution < -0.4 is 5.32 Å². The van der Waals surface area contributed by atoms with Gasteiger partial charge in [-0.2, -0.15) is 0 Å². The molecule has 0 saturated carbocycles. The maximum atomic E-state index is 12.2. The Balaban J connectivity index is 1.61. The highest BCUT2D eigenvalue weighted by Gasteiger charge is 2.10. The predicted molar refractivity (Wildman–Crippen MR) is 96.2 cm³/mol. The summed E-state index contributed by atoms with van der Waals surface area (Å²) in [5.41, 5.74) is 5.64. The van der Waals surface area contributed by atoms with Crippen molar-refractivity contribution in [2.24, 2.45) is 0 Å². The van der Waals surface area contributed by atoms with Crippen LogP contribution in [0.3, 0.4) is 0 Å². The molecule has 1 aromatic heterocycles. The lowest BCUT2D eigenvalue weighted by atomic mass is 10.1. The number of nitrogens with one attached hydrogen (secondary N) is 2. The molecule has 0 unspecified atom stereocenters. The lowest BCUT2D eigenvalue weighted by molar-refractivity contribution is -0.116. The highest BCUT2D eigenvalue weighted by Crippen LogP contribution is 2.22. The van der Waals surface area contributed by atoms with Gasteiger partial charge in [0.1, 0.15) is 0 Å². The van der Waals surface area contributed by atoms with Gasteiger partial charge >= 0.3 is 0 Å². The van der Waals surface area contributed by atoms with Crippen LogP contribution in [0.1, 0.15) is 42.1 Å². The van der Waals surface area contributed by atoms with Crippen LogP contribution in [0.5, 0.6) is 0 Å². The molecular weight excluding hydrogens is 284 g/mol. The van der Waals surface area contributed by atoms with Crippen molar-refractivity contribution >= 4 is 23.7 Å². The molecule has 0 radical (unpaired) electrons. The molecule has 1 amide bonds. The molecule has 1 aromatic carbocycles. The van der Waals surface area contributed by atoms with E-state index in [-0.39, 0.29) is 5.91 Å². The van der Waals surface area contributed by atoms with Crippen LogP contribution in [-0.2, 0) is 17.6 Å². The normalized spacial score (nSPS) is 12.7. The van der Waals surface area contributed by atoms with Crippen molar-refractivity contribution in [3.63, 3.8) is 0 Å². The summed E-state index contributed by atoms with van der Waals surface area (Å²) in [6, 6.07) is 8.03. The van der Waals surface area contributed by atoms with E-state index < -0.39 is 0 Å². The van der Waals surface area contributed by atoms with E-state index in [0.717, 1.165) is 30.6 Å². The van der Waals surface area contributed by atoms with Crippen molar-refractivity contribution in [3.8, 4) is 0 Å². The van der Waals surface area contributed by atoms with Crippen molar-refractivity contribution in [2.75, 3.05) is 5.32 Å². The highest BCUT2D eigenvalue weighted by atomic mass is 16.1. The Labute approximate surface area is 137 Å². The molecule has 0 atom stereocenters. The number of carbonyl (C=O) groups is 1. The zero-order valence-electron chi connectivity index (χ0n) is 13.4. The standard InChI is InChI=1S/C20H22N2O/c1-2-15-7-6-8-17(13-15)22-20(23)12-11-16-14-21-19-10-5-3-4-9-18(16)19/h4-10,13-14,21H,2-3,11-12H2,1H3,(H,22,23). The maximum absolute atomic E-state index is 12.2. The molecule has 0 saturated heterocycles. The zero-order valence-corrected chi connectivity index (χ0v) is 13.4. The lowest BCUT2D eigenvalue weighted by Gasteiger charge is -2.07. The molecule has 23 heavy (non-hydrogen) atoms. The van der Waals surface area contributed by atoms with E-state index in [0.29, 0.717) is 6.42 Å². The number of rotatable bonds is 5. The number of allylic oxidation sites excluding steroid dienone is 2. The molecule has 2 N–H and O–H groups in total. The first-order valence-corrected chi connectivity index (χ1v) is 8.18. The largest absolute Gasteiger partial charge is 0.361 e. The molecule has 1 aliphatic carbocycles. The van der Waals surface area contributed by atoms with Crippen LogP contribution in [0, 0.1) is 0 Å². The second-order valence-corrected chi connectivity index (χ2v) is 5.78. The Kier molecular flexibility index (Phi) is 4.77. The first-order valence-electron chi connectivity index (χ1n) is 8.18. The molecule has 3 heteroatoms. The fourth-order valence-electron chi connectivity index (χ4n) is 2.83. The summed E-state index contributed by atoms with van der Waals surface area (Å²) in [5, 5.41) is 2.99. The third-order valence-electron chi connectivity index (χ3n) is 4.12. The Morgan fingerprint density at radius 3 is 3.00 bits per heavy atom. The molecule has 0 aliphatic heterocycles. The Hall–Kier alpha value is -2.55. The minimum Gasteiger partial charge on any atom is -0.361 e. The molecule has 3 nitrogen and oxygen atoms in total. The van der Waals surface area contributed by atoms with Crippen LogP contribution >= 0.6 is 0 Å². The van der Waals surface area contributed by atoms with Gasteiger partial charge in [0.05, 0.1) is 0 Å². The number of hydrogen-bond acceptors (Lipinski definition) is 1. The number of H-pyrrole nitrogens is 1. The number of aromatic amines is 1. The van der Waals surface area contributed by atoms with Crippen LogP contribution in [-0.4, -0.2) is 10.9 Å². The first kappa shape index (κ1) is 15.3. The van der Waals surface area contributed by atoms with Crippen molar-refractivity contribution < 1.29 is 4.79 Å². The number of aryl methyl sites for hydroxylation is 2. The van der Waals surface area contributed by atoms with E-state index in [4.69, 9.17) is 0 Å². The smallest absolute Gasteiger partial charge is 0.224 e. The SMILES string of the molecule is CCc1cccc(NC(=O)CCc2c[nH]c3c2C=CCC=C3)c1. The van der Waals surface area contributed by atoms with Crippen molar-refractivity contribution in [2.45, 2.75) is 32.6 Å². The fourth-order valence-corrected chi connectivity index (χ4v) is 2.83. The summed E-state index contributed by atoms with van der Waals surface area (Å²) in [4.78, 5) is 15.5. The Morgan fingerprint density at radius 1 is 1.26 bits per heavy atom. The van der Waals surface area contributed by atoms with E-state index >= 15 is 0 Å². The summed E-state index contributed by atoms with van der Waals surface area (Å²) in [7, 11) is 0. The molecule has 0 bridgehead atoms. The fraction of sp³-hybridized carbons (Fsp3) is 0.250. The highest BCUT2D eigenvalue weighted by molar-refractivity contribution is 5.91. The quantitative estimate of drug-likeness (QED) is 0.834. The third kappa shape index (κ3) is 3.81. The third-order valence-corrected chi connectivity index (χ3v) is 4.12. The molecule has 1 aliphatic rings. The van der Waals surface area contributed by atoms with Gasteiger partial charge in [-0.15, -0.1) is 0 Å². The monoisotopic (exact) mass is 306 g/mol. The minimum atomic E-state index is 0.0568. The van der Waals surface area contributed by atoms with Gasteiger partial charge in [-0.3, -0.25) is 4.79 Å². The number of amides is 1. The molecule has 0 fully saturated rings. The maximum Gasteiger partial charge on any atom is 0.224 e. The van der Waals surface area contributed by atoms with Crippen molar-refractivity contribution in [3.05, 3.63) is 65.0 Å². The lowest BCUT2D eigenvalue weighted by Crippen LogP contribution is -2.12. The van der Waals surface area contributed by atoms with Crippen molar-refractivity contribution in [1.82, 2.24) is 4.98 Å². The number of carbonyl (C=O) groups excluding carboxylic acids is 1. The topological polar surface area (TPSA) is 44.9 Å². The second-order valence-electron chi connectivity index (χ2n) is 5.78. The van der Waals surface area contributed by atoms with E-state index in [1.807, 2.05) is 24.4 Å².